The molecule has 0 aliphatic rings. The summed E-state index contributed by atoms with van der Waals surface area (Å²) in [5.74, 6) is 1.94. The van der Waals surface area contributed by atoms with Crippen molar-refractivity contribution in [1.29, 1.82) is 0 Å². The molecular formula is C5H8N2S2. The van der Waals surface area contributed by atoms with Gasteiger partial charge < -0.3 is 0 Å². The Morgan fingerprint density at radius 2 is 2.67 bits per heavy atom. The van der Waals surface area contributed by atoms with Gasteiger partial charge in [-0.1, -0.05) is 0 Å². The van der Waals surface area contributed by atoms with E-state index in [0.29, 0.717) is 0 Å². The fraction of sp³-hybridized carbons (Fsp3) is 0.400. The Bertz CT molecular complexity index is 150. The molecule has 0 atom stereocenters. The van der Waals surface area contributed by atoms with E-state index in [9.17, 15) is 0 Å². The highest BCUT2D eigenvalue weighted by atomic mass is 32.2. The summed E-state index contributed by atoms with van der Waals surface area (Å²) < 4.78 is 0. The van der Waals surface area contributed by atoms with Gasteiger partial charge in [0, 0.05) is 11.9 Å². The molecule has 0 aliphatic heterocycles. The second-order valence-corrected chi connectivity index (χ2v) is 3.08. The van der Waals surface area contributed by atoms with Gasteiger partial charge in [0.15, 0.2) is 0 Å². The number of nitrogens with zero attached hydrogens (tertiary/aromatic N) is 1. The van der Waals surface area contributed by atoms with Crippen molar-refractivity contribution in [3.8, 4) is 0 Å². The highest BCUT2D eigenvalue weighted by Crippen LogP contribution is 2.12. The molecule has 9 heavy (non-hydrogen) atoms. The Morgan fingerprint density at radius 3 is 3.22 bits per heavy atom. The summed E-state index contributed by atoms with van der Waals surface area (Å²) in [5.41, 5.74) is 0. The predicted octanol–water partition coefficient (Wildman–Crippen LogP) is 1.43. The Balaban J connectivity index is 2.30. The van der Waals surface area contributed by atoms with Crippen LogP contribution < -0.4 is 0 Å². The van der Waals surface area contributed by atoms with Crippen LogP contribution in [-0.2, 0) is 0 Å². The van der Waals surface area contributed by atoms with E-state index >= 15 is 0 Å². The number of rotatable bonds is 3. The third-order valence-electron chi connectivity index (χ3n) is 0.824. The highest BCUT2D eigenvalue weighted by Gasteiger charge is 1.90. The first-order valence-electron chi connectivity index (χ1n) is 2.66. The molecule has 0 unspecified atom stereocenters. The van der Waals surface area contributed by atoms with Crippen LogP contribution in [0.2, 0.25) is 0 Å². The number of hydrogen-bond donors (Lipinski definition) is 2. The third-order valence-corrected chi connectivity index (χ3v) is 2.30. The maximum atomic E-state index is 4.08. The van der Waals surface area contributed by atoms with Crippen molar-refractivity contribution >= 4 is 24.4 Å². The van der Waals surface area contributed by atoms with Crippen molar-refractivity contribution in [2.24, 2.45) is 0 Å². The van der Waals surface area contributed by atoms with Gasteiger partial charge in [0.05, 0.1) is 5.03 Å². The van der Waals surface area contributed by atoms with Crippen molar-refractivity contribution < 1.29 is 0 Å². The van der Waals surface area contributed by atoms with Crippen LogP contribution >= 0.6 is 24.4 Å². The van der Waals surface area contributed by atoms with Crippen LogP contribution in [0, 0.1) is 0 Å². The zero-order valence-electron chi connectivity index (χ0n) is 4.87. The first-order valence-corrected chi connectivity index (χ1v) is 4.28. The largest absolute Gasteiger partial charge is 0.272 e. The number of H-pyrrole nitrogens is 1. The molecule has 4 heteroatoms. The average molecular weight is 160 g/mol. The van der Waals surface area contributed by atoms with Crippen molar-refractivity contribution in [2.75, 3.05) is 11.5 Å². The molecule has 0 bridgehead atoms. The minimum atomic E-state index is 0.906. The highest BCUT2D eigenvalue weighted by molar-refractivity contribution is 7.99. The van der Waals surface area contributed by atoms with Crippen molar-refractivity contribution in [2.45, 2.75) is 5.03 Å². The molecule has 2 nitrogen and oxygen atoms in total. The van der Waals surface area contributed by atoms with Gasteiger partial charge >= 0.3 is 0 Å². The molecule has 0 saturated carbocycles. The molecular weight excluding hydrogens is 152 g/mol. The van der Waals surface area contributed by atoms with Crippen LogP contribution in [-0.4, -0.2) is 21.7 Å². The molecule has 0 fully saturated rings. The Hall–Kier alpha value is -0.0900. The molecule has 1 heterocycles. The zero-order valence-corrected chi connectivity index (χ0v) is 6.58. The molecule has 1 N–H and O–H groups in total. The number of thiol groups is 1. The normalized spacial score (nSPS) is 9.89. The lowest BCUT2D eigenvalue weighted by molar-refractivity contribution is 1.00. The second kappa shape index (κ2) is 3.85. The first-order chi connectivity index (χ1) is 4.43. The van der Waals surface area contributed by atoms with E-state index in [4.69, 9.17) is 0 Å². The lowest BCUT2D eigenvalue weighted by Crippen LogP contribution is -1.78. The van der Waals surface area contributed by atoms with Gasteiger partial charge in [-0.05, 0) is 11.8 Å². The number of nitrogens with one attached hydrogen (secondary N) is 1. The number of thioether (sulfide) groups is 1. The van der Waals surface area contributed by atoms with Gasteiger partial charge in [-0.3, -0.25) is 5.10 Å². The fourth-order valence-corrected chi connectivity index (χ4v) is 1.34. The summed E-state index contributed by atoms with van der Waals surface area (Å²) in [6.45, 7) is 0. The van der Waals surface area contributed by atoms with Gasteiger partial charge in [0.25, 0.3) is 0 Å². The van der Waals surface area contributed by atoms with E-state index in [0.717, 1.165) is 16.5 Å². The lowest BCUT2D eigenvalue weighted by atomic mass is 10.8. The standard InChI is InChI=1S/C5H8N2S2/c8-3-4-9-5-1-2-6-7-5/h1-2,8H,3-4H2,(H,6,7). The van der Waals surface area contributed by atoms with Crippen molar-refractivity contribution in [1.82, 2.24) is 10.2 Å². The summed E-state index contributed by atoms with van der Waals surface area (Å²) in [6, 6.07) is 1.95. The van der Waals surface area contributed by atoms with Crippen LogP contribution in [0.4, 0.5) is 0 Å². The monoisotopic (exact) mass is 160 g/mol. The maximum Gasteiger partial charge on any atom is 0.0907 e. The summed E-state index contributed by atoms with van der Waals surface area (Å²) in [5, 5.41) is 7.77. The maximum absolute atomic E-state index is 4.08. The Morgan fingerprint density at radius 1 is 1.78 bits per heavy atom. The molecule has 1 aromatic rings. The number of aromatic nitrogens is 2. The van der Waals surface area contributed by atoms with Gasteiger partial charge in [-0.25, -0.2) is 0 Å². The Labute approximate surface area is 63.8 Å². The molecule has 50 valence electrons. The molecule has 0 radical (unpaired) electrons. The quantitative estimate of drug-likeness (QED) is 0.517. The first kappa shape index (κ1) is 7.02. The number of hydrogen-bond acceptors (Lipinski definition) is 3. The molecule has 0 aromatic carbocycles. The average Bonchev–Trinajstić information content (AvgIpc) is 2.34. The fourth-order valence-electron chi connectivity index (χ4n) is 0.479. The smallest absolute Gasteiger partial charge is 0.0907 e. The topological polar surface area (TPSA) is 28.7 Å². The molecule has 1 aromatic heterocycles. The van der Waals surface area contributed by atoms with Crippen molar-refractivity contribution in [3.63, 3.8) is 0 Å². The summed E-state index contributed by atoms with van der Waals surface area (Å²) >= 11 is 5.81. The van der Waals surface area contributed by atoms with Crippen LogP contribution in [0.25, 0.3) is 0 Å². The van der Waals surface area contributed by atoms with E-state index in [1.165, 1.54) is 0 Å². The summed E-state index contributed by atoms with van der Waals surface area (Å²) in [4.78, 5) is 0. The van der Waals surface area contributed by atoms with Gasteiger partial charge in [-0.2, -0.15) is 17.7 Å². The molecule has 0 spiro atoms. The Kier molecular flexibility index (Phi) is 3.00. The van der Waals surface area contributed by atoms with Crippen LogP contribution in [0.1, 0.15) is 0 Å². The summed E-state index contributed by atoms with van der Waals surface area (Å²) in [6.07, 6.45) is 1.75. The van der Waals surface area contributed by atoms with Gasteiger partial charge in [0.1, 0.15) is 0 Å². The number of aromatic amines is 1. The molecule has 0 saturated heterocycles. The lowest BCUT2D eigenvalue weighted by Gasteiger charge is -1.90. The molecule has 0 amide bonds. The second-order valence-electron chi connectivity index (χ2n) is 1.49. The minimum Gasteiger partial charge on any atom is -0.272 e. The third kappa shape index (κ3) is 2.32. The van der Waals surface area contributed by atoms with E-state index in [-0.39, 0.29) is 0 Å². The van der Waals surface area contributed by atoms with E-state index < -0.39 is 0 Å². The molecule has 1 rings (SSSR count). The summed E-state index contributed by atoms with van der Waals surface area (Å²) in [7, 11) is 0. The van der Waals surface area contributed by atoms with Crippen LogP contribution in [0.5, 0.6) is 0 Å². The van der Waals surface area contributed by atoms with Crippen molar-refractivity contribution in [3.05, 3.63) is 12.3 Å². The van der Waals surface area contributed by atoms with E-state index in [1.54, 1.807) is 18.0 Å². The van der Waals surface area contributed by atoms with Gasteiger partial charge in [-0.15, -0.1) is 11.8 Å². The van der Waals surface area contributed by atoms with Crippen LogP contribution in [0.3, 0.4) is 0 Å². The van der Waals surface area contributed by atoms with E-state index in [2.05, 4.69) is 22.8 Å². The SMILES string of the molecule is SCCSc1ccn[nH]1. The van der Waals surface area contributed by atoms with Crippen LogP contribution in [0.15, 0.2) is 17.3 Å². The van der Waals surface area contributed by atoms with Gasteiger partial charge in [0.2, 0.25) is 0 Å². The predicted molar refractivity (Wildman–Crippen MR) is 43.2 cm³/mol. The van der Waals surface area contributed by atoms with E-state index in [1.807, 2.05) is 6.07 Å². The molecule has 0 aliphatic carbocycles. The zero-order chi connectivity index (χ0) is 6.53. The minimum absolute atomic E-state index is 0.906.